The largest absolute Gasteiger partial charge is 0.192 e. The van der Waals surface area contributed by atoms with Crippen molar-refractivity contribution in [1.82, 2.24) is 8.75 Å². The van der Waals surface area contributed by atoms with Crippen LogP contribution in [0, 0.1) is 14.9 Å². The molecule has 0 N–H and O–H groups in total. The van der Waals surface area contributed by atoms with Crippen LogP contribution in [0.15, 0.2) is 12.1 Å². The van der Waals surface area contributed by atoms with Gasteiger partial charge in [-0.25, -0.2) is 0 Å². The van der Waals surface area contributed by atoms with E-state index in [9.17, 15) is 0 Å². The van der Waals surface area contributed by atoms with Crippen LogP contribution in [0.2, 0.25) is 0 Å². The first-order valence-corrected chi connectivity index (χ1v) is 4.94. The molecule has 0 saturated carbocycles. The highest BCUT2D eigenvalue weighted by molar-refractivity contribution is 14.1. The van der Waals surface area contributed by atoms with Gasteiger partial charge in [-0.05, 0) is 34.7 Å². The van der Waals surface area contributed by atoms with Crippen LogP contribution in [-0.2, 0) is 0 Å². The summed E-state index contributed by atoms with van der Waals surface area (Å²) in [6.45, 7) is 0. The van der Waals surface area contributed by atoms with Gasteiger partial charge >= 0.3 is 0 Å². The van der Waals surface area contributed by atoms with Crippen molar-refractivity contribution < 1.29 is 0 Å². The standard InChI is InChI=1S/C7H2IN3S/c8-5-2-1-4(3-9)6-7(5)11-12-10-6/h1-2H. The molecular formula is C7H2IN3S. The van der Waals surface area contributed by atoms with Crippen molar-refractivity contribution in [2.24, 2.45) is 0 Å². The fourth-order valence-electron chi connectivity index (χ4n) is 0.927. The highest BCUT2D eigenvalue weighted by atomic mass is 127. The molecular weight excluding hydrogens is 285 g/mol. The smallest absolute Gasteiger partial charge is 0.123 e. The van der Waals surface area contributed by atoms with E-state index in [0.717, 1.165) is 26.3 Å². The number of fused-ring (bicyclic) bond motifs is 1. The summed E-state index contributed by atoms with van der Waals surface area (Å²) in [7, 11) is 0. The van der Waals surface area contributed by atoms with Gasteiger partial charge in [0, 0.05) is 3.57 Å². The molecule has 3 nitrogen and oxygen atoms in total. The molecule has 1 aromatic carbocycles. The minimum absolute atomic E-state index is 0.596. The molecule has 0 bridgehead atoms. The number of halogens is 1. The molecule has 0 amide bonds. The maximum absolute atomic E-state index is 8.73. The third kappa shape index (κ3) is 1.07. The molecule has 58 valence electrons. The first kappa shape index (κ1) is 7.89. The average molecular weight is 287 g/mol. The number of nitriles is 1. The Kier molecular flexibility index (Phi) is 1.94. The molecule has 5 heteroatoms. The minimum Gasteiger partial charge on any atom is -0.192 e. The van der Waals surface area contributed by atoms with Gasteiger partial charge < -0.3 is 0 Å². The Balaban J connectivity index is 2.94. The van der Waals surface area contributed by atoms with Gasteiger partial charge in [0.05, 0.1) is 17.3 Å². The predicted octanol–water partition coefficient (Wildman–Crippen LogP) is 2.17. The van der Waals surface area contributed by atoms with Crippen molar-refractivity contribution in [3.8, 4) is 6.07 Å². The molecule has 0 radical (unpaired) electrons. The van der Waals surface area contributed by atoms with Gasteiger partial charge in [-0.15, -0.1) is 0 Å². The summed E-state index contributed by atoms with van der Waals surface area (Å²) in [5.74, 6) is 0. The van der Waals surface area contributed by atoms with Gasteiger partial charge in [-0.3, -0.25) is 0 Å². The normalized spacial score (nSPS) is 10.0. The third-order valence-corrected chi connectivity index (χ3v) is 2.89. The summed E-state index contributed by atoms with van der Waals surface area (Å²) in [5.41, 5.74) is 2.15. The van der Waals surface area contributed by atoms with E-state index in [1.807, 2.05) is 6.07 Å². The van der Waals surface area contributed by atoms with E-state index in [2.05, 4.69) is 37.4 Å². The Morgan fingerprint density at radius 2 is 2.08 bits per heavy atom. The van der Waals surface area contributed by atoms with E-state index in [1.165, 1.54) is 0 Å². The quantitative estimate of drug-likeness (QED) is 0.698. The Bertz CT molecular complexity index is 471. The van der Waals surface area contributed by atoms with Crippen LogP contribution >= 0.6 is 34.3 Å². The van der Waals surface area contributed by atoms with Crippen molar-refractivity contribution >= 4 is 45.4 Å². The fourth-order valence-corrected chi connectivity index (χ4v) is 2.22. The van der Waals surface area contributed by atoms with Crippen molar-refractivity contribution in [1.29, 1.82) is 5.26 Å². The summed E-state index contributed by atoms with van der Waals surface area (Å²) in [5, 5.41) is 8.73. The zero-order valence-corrected chi connectivity index (χ0v) is 8.76. The Morgan fingerprint density at radius 1 is 1.33 bits per heavy atom. The monoisotopic (exact) mass is 287 g/mol. The lowest BCUT2D eigenvalue weighted by Crippen LogP contribution is -1.81. The Hall–Kier alpha value is -0.740. The number of nitrogens with zero attached hydrogens (tertiary/aromatic N) is 3. The van der Waals surface area contributed by atoms with Gasteiger partial charge in [0.25, 0.3) is 0 Å². The lowest BCUT2D eigenvalue weighted by Gasteiger charge is -1.91. The third-order valence-electron chi connectivity index (χ3n) is 1.49. The Labute approximate surface area is 86.5 Å². The molecule has 1 aromatic heterocycles. The molecule has 0 unspecified atom stereocenters. The average Bonchev–Trinajstić information content (AvgIpc) is 2.54. The van der Waals surface area contributed by atoms with Gasteiger partial charge in [-0.1, -0.05) is 0 Å². The number of benzene rings is 1. The summed E-state index contributed by atoms with van der Waals surface area (Å²) in [4.78, 5) is 0. The van der Waals surface area contributed by atoms with Crippen LogP contribution in [0.1, 0.15) is 5.56 Å². The first-order valence-electron chi connectivity index (χ1n) is 3.14. The molecule has 2 aromatic rings. The molecule has 0 spiro atoms. The summed E-state index contributed by atoms with van der Waals surface area (Å²) >= 11 is 3.32. The predicted molar refractivity (Wildman–Crippen MR) is 54.8 cm³/mol. The number of hydrogen-bond donors (Lipinski definition) is 0. The topological polar surface area (TPSA) is 49.6 Å². The first-order chi connectivity index (χ1) is 5.83. The zero-order valence-electron chi connectivity index (χ0n) is 5.78. The van der Waals surface area contributed by atoms with Crippen LogP contribution in [0.4, 0.5) is 0 Å². The number of rotatable bonds is 0. The van der Waals surface area contributed by atoms with Crippen molar-refractivity contribution in [3.63, 3.8) is 0 Å². The summed E-state index contributed by atoms with van der Waals surface area (Å²) < 4.78 is 9.19. The number of aromatic nitrogens is 2. The maximum atomic E-state index is 8.73. The van der Waals surface area contributed by atoms with Crippen molar-refractivity contribution in [2.45, 2.75) is 0 Å². The second-order valence-corrected chi connectivity index (χ2v) is 3.86. The van der Waals surface area contributed by atoms with E-state index >= 15 is 0 Å². The highest BCUT2D eigenvalue weighted by Gasteiger charge is 2.07. The second kappa shape index (κ2) is 2.95. The lowest BCUT2D eigenvalue weighted by atomic mass is 10.2. The van der Waals surface area contributed by atoms with Crippen LogP contribution < -0.4 is 0 Å². The molecule has 0 aliphatic heterocycles. The molecule has 0 aliphatic rings. The summed E-state index contributed by atoms with van der Waals surface area (Å²) in [6, 6.07) is 5.73. The van der Waals surface area contributed by atoms with Crippen molar-refractivity contribution in [2.75, 3.05) is 0 Å². The van der Waals surface area contributed by atoms with E-state index in [1.54, 1.807) is 6.07 Å². The van der Waals surface area contributed by atoms with E-state index < -0.39 is 0 Å². The second-order valence-electron chi connectivity index (χ2n) is 2.17. The van der Waals surface area contributed by atoms with E-state index in [0.29, 0.717) is 5.56 Å². The molecule has 0 fully saturated rings. The van der Waals surface area contributed by atoms with Crippen LogP contribution in [0.5, 0.6) is 0 Å². The van der Waals surface area contributed by atoms with Gasteiger partial charge in [0.15, 0.2) is 0 Å². The minimum atomic E-state index is 0.596. The van der Waals surface area contributed by atoms with Gasteiger partial charge in [0.1, 0.15) is 17.1 Å². The van der Waals surface area contributed by atoms with Crippen molar-refractivity contribution in [3.05, 3.63) is 21.3 Å². The molecule has 0 aliphatic carbocycles. The fraction of sp³-hybridized carbons (Fsp3) is 0. The van der Waals surface area contributed by atoms with Crippen LogP contribution in [0.3, 0.4) is 0 Å². The Morgan fingerprint density at radius 3 is 2.83 bits per heavy atom. The van der Waals surface area contributed by atoms with Crippen LogP contribution in [0.25, 0.3) is 11.0 Å². The van der Waals surface area contributed by atoms with E-state index in [4.69, 9.17) is 5.26 Å². The number of hydrogen-bond acceptors (Lipinski definition) is 4. The molecule has 12 heavy (non-hydrogen) atoms. The van der Waals surface area contributed by atoms with Crippen LogP contribution in [-0.4, -0.2) is 8.75 Å². The zero-order chi connectivity index (χ0) is 8.55. The lowest BCUT2D eigenvalue weighted by molar-refractivity contribution is 1.48. The molecule has 2 rings (SSSR count). The summed E-state index contributed by atoms with van der Waals surface area (Å²) in [6.07, 6.45) is 0. The SMILES string of the molecule is N#Cc1ccc(I)c2nsnc12. The van der Waals surface area contributed by atoms with E-state index in [-0.39, 0.29) is 0 Å². The maximum Gasteiger partial charge on any atom is 0.123 e. The highest BCUT2D eigenvalue weighted by Crippen LogP contribution is 2.21. The molecule has 1 heterocycles. The molecule has 0 atom stereocenters. The van der Waals surface area contributed by atoms with Gasteiger partial charge in [0.2, 0.25) is 0 Å². The van der Waals surface area contributed by atoms with Gasteiger partial charge in [-0.2, -0.15) is 14.0 Å². The molecule has 0 saturated heterocycles.